The lowest BCUT2D eigenvalue weighted by atomic mass is 9.72. The van der Waals surface area contributed by atoms with Gasteiger partial charge in [0.05, 0.1) is 23.4 Å². The van der Waals surface area contributed by atoms with Crippen LogP contribution in [0.3, 0.4) is 0 Å². The smallest absolute Gasteiger partial charge is 0.409 e. The van der Waals surface area contributed by atoms with Gasteiger partial charge in [-0.3, -0.25) is 0 Å². The number of aliphatic hydroxyl groups is 2. The Labute approximate surface area is 245 Å². The number of aliphatic hydroxyl groups excluding tert-OH is 2. The number of amides is 1. The van der Waals surface area contributed by atoms with Crippen molar-refractivity contribution in [3.8, 4) is 17.1 Å². The number of halogens is 1. The van der Waals surface area contributed by atoms with Crippen LogP contribution in [0.25, 0.3) is 17.0 Å². The van der Waals surface area contributed by atoms with Crippen molar-refractivity contribution in [1.82, 2.24) is 20.2 Å². The molecule has 0 bridgehead atoms. The minimum Gasteiger partial charge on any atom is -0.512 e. The summed E-state index contributed by atoms with van der Waals surface area (Å²) in [7, 11) is 3.16. The summed E-state index contributed by atoms with van der Waals surface area (Å²) in [5.74, 6) is 1.55. The number of hydrogen-bond donors (Lipinski definition) is 4. The van der Waals surface area contributed by atoms with Gasteiger partial charge in [0.1, 0.15) is 30.0 Å². The molecule has 12 heteroatoms. The summed E-state index contributed by atoms with van der Waals surface area (Å²) in [6, 6.07) is 5.15. The summed E-state index contributed by atoms with van der Waals surface area (Å²) in [4.78, 5) is 25.6. The average Bonchev–Trinajstić information content (AvgIpc) is 2.92. The number of piperidine rings is 1. The van der Waals surface area contributed by atoms with Gasteiger partial charge in [-0.25, -0.2) is 14.8 Å². The number of hydrogen-bond acceptors (Lipinski definition) is 10. The monoisotopic (exact) mass is 586 g/mol. The van der Waals surface area contributed by atoms with Gasteiger partial charge < -0.3 is 40.2 Å². The summed E-state index contributed by atoms with van der Waals surface area (Å²) in [6.45, 7) is 8.37. The molecule has 4 N–H and O–H groups in total. The lowest BCUT2D eigenvalue weighted by Crippen LogP contribution is -2.61. The van der Waals surface area contributed by atoms with Gasteiger partial charge in [-0.1, -0.05) is 11.6 Å². The maximum Gasteiger partial charge on any atom is 0.409 e. The Kier molecular flexibility index (Phi) is 9.41. The van der Waals surface area contributed by atoms with Crippen molar-refractivity contribution >= 4 is 34.8 Å². The van der Waals surface area contributed by atoms with Crippen LogP contribution in [0.1, 0.15) is 37.9 Å². The van der Waals surface area contributed by atoms with Gasteiger partial charge in [-0.2, -0.15) is 0 Å². The minimum atomic E-state index is -0.679. The molecule has 1 aromatic carbocycles. The number of likely N-dealkylation sites (tertiary alicyclic amines) is 1. The number of carbonyl (C=O) groups excluding carboxylic acids is 1. The summed E-state index contributed by atoms with van der Waals surface area (Å²) < 4.78 is 10.7. The van der Waals surface area contributed by atoms with Crippen LogP contribution < -0.4 is 15.0 Å². The molecule has 2 aliphatic rings. The first-order valence-electron chi connectivity index (χ1n) is 13.7. The van der Waals surface area contributed by atoms with E-state index in [9.17, 15) is 15.0 Å². The number of rotatable bonds is 9. The Bertz CT molecular complexity index is 1330. The molecule has 3 heterocycles. The second kappa shape index (κ2) is 12.6. The topological polar surface area (TPSA) is 144 Å². The zero-order valence-corrected chi connectivity index (χ0v) is 25.0. The molecule has 4 rings (SSSR count). The van der Waals surface area contributed by atoms with Crippen LogP contribution in [0.4, 0.5) is 10.6 Å². The Balaban J connectivity index is 1.69. The first-order chi connectivity index (χ1) is 19.5. The molecule has 2 aromatic rings. The fraction of sp³-hybridized carbons (Fsp3) is 0.517. The molecule has 2 fully saturated rings. The molecule has 0 saturated carbocycles. The van der Waals surface area contributed by atoms with Crippen LogP contribution >= 0.6 is 11.6 Å². The first kappa shape index (κ1) is 30.5. The van der Waals surface area contributed by atoms with Crippen LogP contribution in [0.5, 0.6) is 5.75 Å². The molecule has 1 atom stereocenters. The number of benzene rings is 1. The number of anilines is 1. The van der Waals surface area contributed by atoms with Gasteiger partial charge in [0.2, 0.25) is 0 Å². The van der Waals surface area contributed by atoms with Crippen molar-refractivity contribution in [3.05, 3.63) is 40.2 Å². The predicted octanol–water partition coefficient (Wildman–Crippen LogP) is 4.06. The van der Waals surface area contributed by atoms with Gasteiger partial charge in [-0.05, 0) is 58.9 Å². The van der Waals surface area contributed by atoms with Crippen LogP contribution in [0.15, 0.2) is 24.0 Å². The van der Waals surface area contributed by atoms with Crippen LogP contribution in [0, 0.1) is 17.7 Å². The molecule has 2 saturated heterocycles. The van der Waals surface area contributed by atoms with Crippen molar-refractivity contribution < 1.29 is 24.5 Å². The normalized spacial score (nSPS) is 17.5. The Morgan fingerprint density at radius 1 is 1.24 bits per heavy atom. The van der Waals surface area contributed by atoms with Crippen LogP contribution in [0.2, 0.25) is 5.02 Å². The summed E-state index contributed by atoms with van der Waals surface area (Å²) in [5, 5.41) is 32.3. The molecule has 41 heavy (non-hydrogen) atoms. The summed E-state index contributed by atoms with van der Waals surface area (Å²) >= 11 is 6.63. The number of carbonyl (C=O) groups is 1. The quantitative estimate of drug-likeness (QED) is 0.252. The van der Waals surface area contributed by atoms with Crippen LogP contribution in [-0.2, 0) is 4.74 Å². The van der Waals surface area contributed by atoms with Gasteiger partial charge in [0, 0.05) is 55.0 Å². The molecule has 0 radical (unpaired) electrons. The number of allylic oxidation sites excluding steroid dienone is 2. The third-order valence-electron chi connectivity index (χ3n) is 7.76. The summed E-state index contributed by atoms with van der Waals surface area (Å²) in [6.07, 6.45) is 0.764. The standard InChI is InChI=1S/C29H39ClN6O5/c1-17-25(24(18(2)31)19(3)37)33-26(22-12-21(6-7-23(22)30)41-14-20(38)13-32-4)34-27(17)36-15-29(16-36)8-10-35(11-9-29)28(39)40-5/h6-7,12,20,31-32,37-38H,8-11,13-16H2,1-5H3/b24-19+,31-18?/t20-/m1/s1. The number of likely N-dealkylation sites (N-methyl/N-ethyl adjacent to an activating group) is 1. The fourth-order valence-corrected chi connectivity index (χ4v) is 5.77. The highest BCUT2D eigenvalue weighted by molar-refractivity contribution is 6.33. The largest absolute Gasteiger partial charge is 0.512 e. The Morgan fingerprint density at radius 3 is 2.51 bits per heavy atom. The van der Waals surface area contributed by atoms with Gasteiger partial charge >= 0.3 is 6.09 Å². The molecule has 1 spiro atoms. The third-order valence-corrected chi connectivity index (χ3v) is 8.09. The molecule has 222 valence electrons. The molecule has 1 aromatic heterocycles. The van der Waals surface area contributed by atoms with E-state index in [4.69, 9.17) is 36.5 Å². The zero-order chi connectivity index (χ0) is 29.9. The second-order valence-electron chi connectivity index (χ2n) is 10.9. The van der Waals surface area contributed by atoms with E-state index in [0.29, 0.717) is 58.9 Å². The van der Waals surface area contributed by atoms with E-state index in [1.807, 2.05) is 6.92 Å². The lowest BCUT2D eigenvalue weighted by Gasteiger charge is -2.54. The van der Waals surface area contributed by atoms with E-state index in [2.05, 4.69) is 10.2 Å². The second-order valence-corrected chi connectivity index (χ2v) is 11.3. The van der Waals surface area contributed by atoms with E-state index >= 15 is 0 Å². The van der Waals surface area contributed by atoms with Gasteiger partial charge in [0.15, 0.2) is 5.82 Å². The molecule has 2 aliphatic heterocycles. The maximum atomic E-state index is 12.0. The van der Waals surface area contributed by atoms with E-state index < -0.39 is 6.10 Å². The predicted molar refractivity (Wildman–Crippen MR) is 159 cm³/mol. The third kappa shape index (κ3) is 6.58. The van der Waals surface area contributed by atoms with Crippen molar-refractivity contribution in [2.24, 2.45) is 5.41 Å². The maximum absolute atomic E-state index is 12.0. The van der Waals surface area contributed by atoms with E-state index in [-0.39, 0.29) is 29.6 Å². The lowest BCUT2D eigenvalue weighted by molar-refractivity contribution is 0.0621. The number of ether oxygens (including phenoxy) is 2. The number of methoxy groups -OCH3 is 1. The van der Waals surface area contributed by atoms with E-state index in [1.165, 1.54) is 7.11 Å². The van der Waals surface area contributed by atoms with Crippen molar-refractivity contribution in [2.45, 2.75) is 39.7 Å². The number of nitrogens with one attached hydrogen (secondary N) is 2. The minimum absolute atomic E-state index is 0.00633. The zero-order valence-electron chi connectivity index (χ0n) is 24.3. The van der Waals surface area contributed by atoms with Gasteiger partial charge in [0.25, 0.3) is 0 Å². The Morgan fingerprint density at radius 2 is 1.93 bits per heavy atom. The number of nitrogens with zero attached hydrogens (tertiary/aromatic N) is 4. The SMILES string of the molecule is CNC[C@@H](O)COc1ccc(Cl)c(-c2nc(/C(C(C)=N)=C(\C)O)c(C)c(N3CC4(CCN(C(=O)OC)CC4)C3)n2)c1. The molecule has 11 nitrogen and oxygen atoms in total. The average molecular weight is 587 g/mol. The van der Waals surface area contributed by atoms with E-state index in [0.717, 1.165) is 31.5 Å². The van der Waals surface area contributed by atoms with Crippen molar-refractivity contribution in [1.29, 1.82) is 5.41 Å². The van der Waals surface area contributed by atoms with Crippen molar-refractivity contribution in [2.75, 3.05) is 58.4 Å². The van der Waals surface area contributed by atoms with Crippen molar-refractivity contribution in [3.63, 3.8) is 0 Å². The van der Waals surface area contributed by atoms with E-state index in [1.54, 1.807) is 44.0 Å². The van der Waals surface area contributed by atoms with Crippen LogP contribution in [-0.4, -0.2) is 96.5 Å². The van der Waals surface area contributed by atoms with Gasteiger partial charge in [-0.15, -0.1) is 0 Å². The molecule has 0 unspecified atom stereocenters. The summed E-state index contributed by atoms with van der Waals surface area (Å²) in [5.41, 5.74) is 2.35. The highest BCUT2D eigenvalue weighted by Crippen LogP contribution is 2.44. The molecular formula is C29H39ClN6O5. The molecule has 1 amide bonds. The highest BCUT2D eigenvalue weighted by Gasteiger charge is 2.46. The molecular weight excluding hydrogens is 548 g/mol. The molecule has 0 aliphatic carbocycles. The highest BCUT2D eigenvalue weighted by atomic mass is 35.5. The Hall–Kier alpha value is -3.41. The number of aromatic nitrogens is 2. The first-order valence-corrected chi connectivity index (χ1v) is 14.0. The fourth-order valence-electron chi connectivity index (χ4n) is 5.57.